The van der Waals surface area contributed by atoms with Gasteiger partial charge >= 0.3 is 5.97 Å². The molecule has 1 unspecified atom stereocenters. The van der Waals surface area contributed by atoms with E-state index >= 15 is 0 Å². The molecule has 3 N–H and O–H groups in total. The van der Waals surface area contributed by atoms with Crippen molar-refractivity contribution in [3.63, 3.8) is 0 Å². The van der Waals surface area contributed by atoms with Crippen molar-refractivity contribution < 1.29 is 17.9 Å². The van der Waals surface area contributed by atoms with Crippen molar-refractivity contribution >= 4 is 28.4 Å². The smallest absolute Gasteiger partial charge is 0.337 e. The van der Waals surface area contributed by atoms with Crippen LogP contribution >= 0.6 is 12.4 Å². The van der Waals surface area contributed by atoms with E-state index in [1.165, 1.54) is 31.4 Å². The summed E-state index contributed by atoms with van der Waals surface area (Å²) >= 11 is 0. The average Bonchev–Trinajstić information content (AvgIpc) is 2.37. The number of carbonyl (C=O) groups is 1. The molecular weight excluding hydrogens is 304 g/mol. The lowest BCUT2D eigenvalue weighted by Gasteiger charge is -2.08. The van der Waals surface area contributed by atoms with Gasteiger partial charge in [-0.15, -0.1) is 12.4 Å². The molecule has 0 spiro atoms. The zero-order valence-corrected chi connectivity index (χ0v) is 13.0. The lowest BCUT2D eigenvalue weighted by Crippen LogP contribution is -2.29. The molecule has 0 aliphatic rings. The number of hydrogen-bond acceptors (Lipinski definition) is 5. The standard InChI is InChI=1S/C12H18N2O4S.ClH/c1-9(13)7-8-14-19(16,17)11-5-3-10(4-6-11)12(15)18-2;/h3-6,9,14H,7-8,13H2,1-2H3;1H. The van der Waals surface area contributed by atoms with Crippen molar-refractivity contribution in [2.45, 2.75) is 24.3 Å². The molecule has 1 rings (SSSR count). The second-order valence-electron chi connectivity index (χ2n) is 4.18. The van der Waals surface area contributed by atoms with Gasteiger partial charge in [0.05, 0.1) is 17.6 Å². The largest absolute Gasteiger partial charge is 0.465 e. The van der Waals surface area contributed by atoms with Gasteiger partial charge in [-0.25, -0.2) is 17.9 Å². The Kier molecular flexibility index (Phi) is 7.74. The monoisotopic (exact) mass is 322 g/mol. The number of rotatable bonds is 6. The van der Waals surface area contributed by atoms with E-state index in [1.807, 2.05) is 0 Å². The van der Waals surface area contributed by atoms with Gasteiger partial charge in [0.1, 0.15) is 0 Å². The topological polar surface area (TPSA) is 98.5 Å². The van der Waals surface area contributed by atoms with Crippen molar-refractivity contribution in [3.05, 3.63) is 29.8 Å². The van der Waals surface area contributed by atoms with Crippen LogP contribution in [0.4, 0.5) is 0 Å². The Morgan fingerprint density at radius 3 is 2.35 bits per heavy atom. The predicted molar refractivity (Wildman–Crippen MR) is 78.5 cm³/mol. The molecule has 8 heteroatoms. The highest BCUT2D eigenvalue weighted by molar-refractivity contribution is 7.89. The molecule has 0 aromatic heterocycles. The summed E-state index contributed by atoms with van der Waals surface area (Å²) in [6.07, 6.45) is 0.555. The molecule has 6 nitrogen and oxygen atoms in total. The maximum atomic E-state index is 11.9. The van der Waals surface area contributed by atoms with E-state index in [9.17, 15) is 13.2 Å². The van der Waals surface area contributed by atoms with Gasteiger partial charge in [0.15, 0.2) is 0 Å². The Hall–Kier alpha value is -1.15. The zero-order chi connectivity index (χ0) is 14.5. The molecule has 0 bridgehead atoms. The van der Waals surface area contributed by atoms with Gasteiger partial charge < -0.3 is 10.5 Å². The van der Waals surface area contributed by atoms with E-state index in [-0.39, 0.29) is 29.9 Å². The number of ether oxygens (including phenoxy) is 1. The molecule has 0 heterocycles. The molecule has 20 heavy (non-hydrogen) atoms. The fourth-order valence-corrected chi connectivity index (χ4v) is 2.44. The molecule has 1 aromatic rings. The molecular formula is C12H19ClN2O4S. The van der Waals surface area contributed by atoms with Gasteiger partial charge in [-0.2, -0.15) is 0 Å². The Labute approximate surface area is 125 Å². The van der Waals surface area contributed by atoms with Gasteiger partial charge in [-0.3, -0.25) is 0 Å². The van der Waals surface area contributed by atoms with E-state index in [2.05, 4.69) is 9.46 Å². The van der Waals surface area contributed by atoms with Crippen LogP contribution in [-0.2, 0) is 14.8 Å². The summed E-state index contributed by atoms with van der Waals surface area (Å²) in [7, 11) is -2.30. The molecule has 1 atom stereocenters. The van der Waals surface area contributed by atoms with Gasteiger partial charge in [0.25, 0.3) is 0 Å². The van der Waals surface area contributed by atoms with E-state index in [0.717, 1.165) is 0 Å². The third-order valence-electron chi connectivity index (χ3n) is 2.48. The number of nitrogens with one attached hydrogen (secondary N) is 1. The molecule has 0 fully saturated rings. The molecule has 0 aliphatic carbocycles. The van der Waals surface area contributed by atoms with Gasteiger partial charge in [0, 0.05) is 12.6 Å². The van der Waals surface area contributed by atoms with Crippen LogP contribution in [0.25, 0.3) is 0 Å². The second kappa shape index (κ2) is 8.21. The Morgan fingerprint density at radius 1 is 1.35 bits per heavy atom. The first kappa shape index (κ1) is 18.9. The Balaban J connectivity index is 0.00000361. The molecule has 114 valence electrons. The summed E-state index contributed by atoms with van der Waals surface area (Å²) in [6.45, 7) is 2.08. The van der Waals surface area contributed by atoms with Crippen LogP contribution < -0.4 is 10.5 Å². The third kappa shape index (κ3) is 5.46. The fraction of sp³-hybridized carbons (Fsp3) is 0.417. The van der Waals surface area contributed by atoms with Crippen LogP contribution in [0.5, 0.6) is 0 Å². The maximum Gasteiger partial charge on any atom is 0.337 e. The Bertz CT molecular complexity index is 529. The van der Waals surface area contributed by atoms with Crippen molar-refractivity contribution in [2.75, 3.05) is 13.7 Å². The van der Waals surface area contributed by atoms with Gasteiger partial charge in [-0.1, -0.05) is 0 Å². The molecule has 0 amide bonds. The number of halogens is 1. The average molecular weight is 323 g/mol. The summed E-state index contributed by atoms with van der Waals surface area (Å²) in [5.74, 6) is -0.506. The number of sulfonamides is 1. The van der Waals surface area contributed by atoms with E-state index in [4.69, 9.17) is 5.73 Å². The first-order chi connectivity index (χ1) is 8.86. The van der Waals surface area contributed by atoms with Crippen LogP contribution in [0.1, 0.15) is 23.7 Å². The SMILES string of the molecule is COC(=O)c1ccc(S(=O)(=O)NCCC(C)N)cc1.Cl. The molecule has 0 saturated carbocycles. The number of nitrogens with two attached hydrogens (primary N) is 1. The first-order valence-electron chi connectivity index (χ1n) is 5.80. The summed E-state index contributed by atoms with van der Waals surface area (Å²) in [5.41, 5.74) is 5.85. The number of methoxy groups -OCH3 is 1. The van der Waals surface area contributed by atoms with E-state index in [1.54, 1.807) is 6.92 Å². The highest BCUT2D eigenvalue weighted by Gasteiger charge is 2.14. The fourth-order valence-electron chi connectivity index (χ4n) is 1.39. The van der Waals surface area contributed by atoms with E-state index in [0.29, 0.717) is 12.0 Å². The van der Waals surface area contributed by atoms with Crippen LogP contribution in [-0.4, -0.2) is 34.1 Å². The number of hydrogen-bond donors (Lipinski definition) is 2. The summed E-state index contributed by atoms with van der Waals surface area (Å²) in [5, 5.41) is 0. The van der Waals surface area contributed by atoms with Gasteiger partial charge in [-0.05, 0) is 37.6 Å². The summed E-state index contributed by atoms with van der Waals surface area (Å²) < 4.78 is 30.8. The third-order valence-corrected chi connectivity index (χ3v) is 3.95. The predicted octanol–water partition coefficient (Wildman–Crippen LogP) is 0.911. The van der Waals surface area contributed by atoms with Crippen LogP contribution in [0.3, 0.4) is 0 Å². The zero-order valence-electron chi connectivity index (χ0n) is 11.3. The summed E-state index contributed by atoms with van der Waals surface area (Å²) in [6, 6.07) is 5.48. The minimum absolute atomic E-state index is 0. The minimum Gasteiger partial charge on any atom is -0.465 e. The summed E-state index contributed by atoms with van der Waals surface area (Å²) in [4.78, 5) is 11.3. The highest BCUT2D eigenvalue weighted by Crippen LogP contribution is 2.11. The Morgan fingerprint density at radius 2 is 1.90 bits per heavy atom. The number of benzene rings is 1. The molecule has 0 saturated heterocycles. The van der Waals surface area contributed by atoms with Gasteiger partial charge in [0.2, 0.25) is 10.0 Å². The number of esters is 1. The van der Waals surface area contributed by atoms with Crippen molar-refractivity contribution in [2.24, 2.45) is 5.73 Å². The van der Waals surface area contributed by atoms with Crippen LogP contribution in [0.2, 0.25) is 0 Å². The highest BCUT2D eigenvalue weighted by atomic mass is 35.5. The number of carbonyl (C=O) groups excluding carboxylic acids is 1. The second-order valence-corrected chi connectivity index (χ2v) is 5.95. The van der Waals surface area contributed by atoms with Crippen LogP contribution in [0.15, 0.2) is 29.2 Å². The van der Waals surface area contributed by atoms with Crippen LogP contribution in [0, 0.1) is 0 Å². The maximum absolute atomic E-state index is 11.9. The lowest BCUT2D eigenvalue weighted by molar-refractivity contribution is 0.0600. The van der Waals surface area contributed by atoms with Crippen molar-refractivity contribution in [3.8, 4) is 0 Å². The molecule has 1 aromatic carbocycles. The lowest BCUT2D eigenvalue weighted by atomic mass is 10.2. The normalized spacial score (nSPS) is 12.3. The first-order valence-corrected chi connectivity index (χ1v) is 7.29. The van der Waals surface area contributed by atoms with E-state index < -0.39 is 16.0 Å². The van der Waals surface area contributed by atoms with Crippen molar-refractivity contribution in [1.82, 2.24) is 4.72 Å². The molecule has 0 radical (unpaired) electrons. The van der Waals surface area contributed by atoms with Crippen molar-refractivity contribution in [1.29, 1.82) is 0 Å². The quantitative estimate of drug-likeness (QED) is 0.758. The minimum atomic E-state index is -3.56. The molecule has 0 aliphatic heterocycles.